The van der Waals surface area contributed by atoms with Gasteiger partial charge in [0.2, 0.25) is 5.91 Å². The third-order valence-electron chi connectivity index (χ3n) is 2.11. The maximum Gasteiger partial charge on any atom is 0.325 e. The van der Waals surface area contributed by atoms with Gasteiger partial charge in [0, 0.05) is 19.0 Å². The lowest BCUT2D eigenvalue weighted by Gasteiger charge is -2.09. The first-order valence-corrected chi connectivity index (χ1v) is 4.85. The minimum atomic E-state index is -1.01. The van der Waals surface area contributed by atoms with Crippen LogP contribution in [0.25, 0.3) is 0 Å². The summed E-state index contributed by atoms with van der Waals surface area (Å²) in [4.78, 5) is 21.5. The van der Waals surface area contributed by atoms with Crippen LogP contribution in [0, 0.1) is 0 Å². The molecule has 0 aromatic rings. The Morgan fingerprint density at radius 3 is 2.64 bits per heavy atom. The fraction of sp³-hybridized carbons (Fsp3) is 0.778. The zero-order valence-electron chi connectivity index (χ0n) is 8.25. The number of rotatable bonds is 6. The molecule has 0 aromatic carbocycles. The van der Waals surface area contributed by atoms with Gasteiger partial charge < -0.3 is 15.7 Å². The van der Waals surface area contributed by atoms with Crippen molar-refractivity contribution in [3.63, 3.8) is 0 Å². The molecule has 5 nitrogen and oxygen atoms in total. The normalized spacial score (nSPS) is 17.5. The minimum Gasteiger partial charge on any atom is -0.480 e. The zero-order valence-corrected chi connectivity index (χ0v) is 8.25. The summed E-state index contributed by atoms with van der Waals surface area (Å²) in [5.41, 5.74) is 0. The summed E-state index contributed by atoms with van der Waals surface area (Å²) in [6.07, 6.45) is 2.72. The SMILES string of the molecule is CC(NC(=O)CCNC1CC1)C(=O)O. The molecule has 0 aromatic heterocycles. The summed E-state index contributed by atoms with van der Waals surface area (Å²) >= 11 is 0. The summed E-state index contributed by atoms with van der Waals surface area (Å²) in [6.45, 7) is 2.08. The van der Waals surface area contributed by atoms with Crippen molar-refractivity contribution in [2.75, 3.05) is 6.54 Å². The van der Waals surface area contributed by atoms with Crippen molar-refractivity contribution < 1.29 is 14.7 Å². The van der Waals surface area contributed by atoms with Gasteiger partial charge in [-0.05, 0) is 19.8 Å². The molecular weight excluding hydrogens is 184 g/mol. The van der Waals surface area contributed by atoms with Crippen LogP contribution in [0.3, 0.4) is 0 Å². The van der Waals surface area contributed by atoms with Crippen molar-refractivity contribution >= 4 is 11.9 Å². The molecule has 0 saturated heterocycles. The Labute approximate surface area is 82.9 Å². The zero-order chi connectivity index (χ0) is 10.6. The Morgan fingerprint density at radius 2 is 2.14 bits per heavy atom. The van der Waals surface area contributed by atoms with E-state index in [9.17, 15) is 9.59 Å². The third-order valence-corrected chi connectivity index (χ3v) is 2.11. The van der Waals surface area contributed by atoms with E-state index in [1.807, 2.05) is 0 Å². The molecule has 1 amide bonds. The summed E-state index contributed by atoms with van der Waals surface area (Å²) in [5, 5.41) is 14.1. The Morgan fingerprint density at radius 1 is 1.50 bits per heavy atom. The van der Waals surface area contributed by atoms with E-state index < -0.39 is 12.0 Å². The Bertz CT molecular complexity index is 226. The number of carbonyl (C=O) groups is 2. The van der Waals surface area contributed by atoms with Crippen molar-refractivity contribution in [2.45, 2.75) is 38.3 Å². The molecule has 14 heavy (non-hydrogen) atoms. The lowest BCUT2D eigenvalue weighted by molar-refractivity contribution is -0.141. The summed E-state index contributed by atoms with van der Waals surface area (Å²) in [6, 6.07) is -0.219. The Hall–Kier alpha value is -1.10. The molecule has 1 aliphatic rings. The van der Waals surface area contributed by atoms with Gasteiger partial charge >= 0.3 is 5.97 Å². The van der Waals surface area contributed by atoms with Gasteiger partial charge in [-0.25, -0.2) is 0 Å². The number of aliphatic carboxylic acids is 1. The van der Waals surface area contributed by atoms with Crippen LogP contribution in [0.5, 0.6) is 0 Å². The molecule has 3 N–H and O–H groups in total. The van der Waals surface area contributed by atoms with Crippen LogP contribution in [-0.2, 0) is 9.59 Å². The number of carbonyl (C=O) groups excluding carboxylic acids is 1. The van der Waals surface area contributed by atoms with Crippen molar-refractivity contribution in [1.29, 1.82) is 0 Å². The largest absolute Gasteiger partial charge is 0.480 e. The summed E-state index contributed by atoms with van der Waals surface area (Å²) < 4.78 is 0. The van der Waals surface area contributed by atoms with Crippen LogP contribution in [-0.4, -0.2) is 35.6 Å². The second kappa shape index (κ2) is 4.95. The number of carboxylic acid groups (broad SMARTS) is 1. The molecule has 0 heterocycles. The molecule has 5 heteroatoms. The van der Waals surface area contributed by atoms with Gasteiger partial charge in [0.25, 0.3) is 0 Å². The van der Waals surface area contributed by atoms with E-state index in [2.05, 4.69) is 10.6 Å². The van der Waals surface area contributed by atoms with E-state index >= 15 is 0 Å². The van der Waals surface area contributed by atoms with Gasteiger partial charge in [0.15, 0.2) is 0 Å². The Kier molecular flexibility index (Phi) is 3.88. The van der Waals surface area contributed by atoms with E-state index in [4.69, 9.17) is 5.11 Å². The molecule has 1 fully saturated rings. The van der Waals surface area contributed by atoms with Crippen LogP contribution in [0.4, 0.5) is 0 Å². The number of amides is 1. The second-order valence-corrected chi connectivity index (χ2v) is 3.61. The summed E-state index contributed by atoms with van der Waals surface area (Å²) in [7, 11) is 0. The third kappa shape index (κ3) is 4.23. The average molecular weight is 200 g/mol. The fourth-order valence-electron chi connectivity index (χ4n) is 1.05. The van der Waals surface area contributed by atoms with E-state index in [0.29, 0.717) is 19.0 Å². The molecule has 80 valence electrons. The number of hydrogen-bond acceptors (Lipinski definition) is 3. The van der Waals surface area contributed by atoms with Crippen molar-refractivity contribution in [2.24, 2.45) is 0 Å². The van der Waals surface area contributed by atoms with Crippen molar-refractivity contribution in [3.05, 3.63) is 0 Å². The topological polar surface area (TPSA) is 78.4 Å². The predicted molar refractivity (Wildman–Crippen MR) is 50.9 cm³/mol. The predicted octanol–water partition coefficient (Wildman–Crippen LogP) is -0.282. The first-order chi connectivity index (χ1) is 6.59. The molecule has 1 unspecified atom stereocenters. The van der Waals surface area contributed by atoms with E-state index in [-0.39, 0.29) is 5.91 Å². The highest BCUT2D eigenvalue weighted by Gasteiger charge is 2.20. The highest BCUT2D eigenvalue weighted by molar-refractivity contribution is 5.83. The highest BCUT2D eigenvalue weighted by Crippen LogP contribution is 2.18. The van der Waals surface area contributed by atoms with Gasteiger partial charge in [0.1, 0.15) is 6.04 Å². The van der Waals surface area contributed by atoms with Crippen molar-refractivity contribution in [1.82, 2.24) is 10.6 Å². The maximum atomic E-state index is 11.1. The molecular formula is C9H16N2O3. The highest BCUT2D eigenvalue weighted by atomic mass is 16.4. The maximum absolute atomic E-state index is 11.1. The van der Waals surface area contributed by atoms with Crippen molar-refractivity contribution in [3.8, 4) is 0 Å². The standard InChI is InChI=1S/C9H16N2O3/c1-6(9(13)14)11-8(12)4-5-10-7-2-3-7/h6-7,10H,2-5H2,1H3,(H,11,12)(H,13,14). The molecule has 1 aliphatic carbocycles. The lowest BCUT2D eigenvalue weighted by atomic mass is 10.3. The fourth-order valence-corrected chi connectivity index (χ4v) is 1.05. The van der Waals surface area contributed by atoms with Crippen LogP contribution in [0.1, 0.15) is 26.2 Å². The van der Waals surface area contributed by atoms with E-state index in [1.54, 1.807) is 0 Å². The van der Waals surface area contributed by atoms with Crippen LogP contribution < -0.4 is 10.6 Å². The first-order valence-electron chi connectivity index (χ1n) is 4.85. The Balaban J connectivity index is 2.05. The minimum absolute atomic E-state index is 0.215. The van der Waals surface area contributed by atoms with Gasteiger partial charge in [-0.3, -0.25) is 9.59 Å². The van der Waals surface area contributed by atoms with Gasteiger partial charge in [-0.1, -0.05) is 0 Å². The molecule has 0 spiro atoms. The smallest absolute Gasteiger partial charge is 0.325 e. The van der Waals surface area contributed by atoms with Gasteiger partial charge in [-0.2, -0.15) is 0 Å². The van der Waals surface area contributed by atoms with Crippen LogP contribution in [0.2, 0.25) is 0 Å². The van der Waals surface area contributed by atoms with Crippen LogP contribution in [0.15, 0.2) is 0 Å². The molecule has 1 rings (SSSR count). The number of nitrogens with one attached hydrogen (secondary N) is 2. The molecule has 0 bridgehead atoms. The molecule has 0 aliphatic heterocycles. The molecule has 1 saturated carbocycles. The lowest BCUT2D eigenvalue weighted by Crippen LogP contribution is -2.39. The summed E-state index contributed by atoms with van der Waals surface area (Å²) in [5.74, 6) is -1.22. The number of hydrogen-bond donors (Lipinski definition) is 3. The quantitative estimate of drug-likeness (QED) is 0.551. The van der Waals surface area contributed by atoms with Gasteiger partial charge in [0.05, 0.1) is 0 Å². The average Bonchev–Trinajstić information content (AvgIpc) is 2.87. The monoisotopic (exact) mass is 200 g/mol. The van der Waals surface area contributed by atoms with E-state index in [0.717, 1.165) is 0 Å². The second-order valence-electron chi connectivity index (χ2n) is 3.61. The number of carboxylic acids is 1. The van der Waals surface area contributed by atoms with Crippen LogP contribution >= 0.6 is 0 Å². The first kappa shape index (κ1) is 11.0. The molecule has 1 atom stereocenters. The molecule has 0 radical (unpaired) electrons. The van der Waals surface area contributed by atoms with Gasteiger partial charge in [-0.15, -0.1) is 0 Å². The van der Waals surface area contributed by atoms with E-state index in [1.165, 1.54) is 19.8 Å².